The van der Waals surface area contributed by atoms with E-state index in [2.05, 4.69) is 19.9 Å². The number of hydrogen-bond donors (Lipinski definition) is 1. The highest BCUT2D eigenvalue weighted by Gasteiger charge is 2.08. The second-order valence-electron chi connectivity index (χ2n) is 4.11. The van der Waals surface area contributed by atoms with Crippen LogP contribution in [0, 0.1) is 0 Å². The normalized spacial score (nSPS) is 10.2. The predicted octanol–water partition coefficient (Wildman–Crippen LogP) is 1.47. The molecule has 6 nitrogen and oxygen atoms in total. The molecule has 0 spiro atoms. The molecule has 2 aromatic heterocycles. The molecule has 0 unspecified atom stereocenters. The molecule has 6 heteroatoms. The van der Waals surface area contributed by atoms with E-state index in [-0.39, 0.29) is 5.97 Å². The van der Waals surface area contributed by atoms with Crippen molar-refractivity contribution in [3.05, 3.63) is 30.5 Å². The van der Waals surface area contributed by atoms with Crippen LogP contribution < -0.4 is 4.90 Å². The molecule has 2 aromatic rings. The largest absolute Gasteiger partial charge is 0.469 e. The van der Waals surface area contributed by atoms with Gasteiger partial charge in [-0.3, -0.25) is 4.79 Å². The average Bonchev–Trinajstić information content (AvgIpc) is 2.98. The zero-order valence-electron chi connectivity index (χ0n) is 11.0. The molecule has 1 N–H and O–H groups in total. The number of nitrogens with one attached hydrogen (secondary N) is 1. The molecule has 100 valence electrons. The first-order valence-corrected chi connectivity index (χ1v) is 5.96. The van der Waals surface area contributed by atoms with Crippen LogP contribution in [0.3, 0.4) is 0 Å². The van der Waals surface area contributed by atoms with E-state index in [1.807, 2.05) is 42.4 Å². The average molecular weight is 260 g/mol. The van der Waals surface area contributed by atoms with Crippen molar-refractivity contribution < 1.29 is 9.53 Å². The second kappa shape index (κ2) is 5.99. The molecular formula is C13H16N4O2. The summed E-state index contributed by atoms with van der Waals surface area (Å²) < 4.78 is 4.60. The summed E-state index contributed by atoms with van der Waals surface area (Å²) in [6.07, 6.45) is 2.17. The molecule has 19 heavy (non-hydrogen) atoms. The van der Waals surface area contributed by atoms with Crippen LogP contribution in [-0.4, -0.2) is 41.9 Å². The fourth-order valence-corrected chi connectivity index (χ4v) is 1.64. The highest BCUT2D eigenvalue weighted by molar-refractivity contribution is 5.69. The number of hydrogen-bond acceptors (Lipinski definition) is 5. The molecule has 2 rings (SSSR count). The fraction of sp³-hybridized carbons (Fsp3) is 0.308. The summed E-state index contributed by atoms with van der Waals surface area (Å²) in [6, 6.07) is 7.61. The van der Waals surface area contributed by atoms with Gasteiger partial charge in [-0.1, -0.05) is 0 Å². The number of anilines is 1. The number of ether oxygens (including phenoxy) is 1. The number of esters is 1. The Morgan fingerprint density at radius 2 is 2.21 bits per heavy atom. The second-order valence-corrected chi connectivity index (χ2v) is 4.11. The Balaban J connectivity index is 2.00. The van der Waals surface area contributed by atoms with E-state index in [4.69, 9.17) is 0 Å². The van der Waals surface area contributed by atoms with Crippen LogP contribution in [0.25, 0.3) is 11.4 Å². The Morgan fingerprint density at radius 3 is 2.79 bits per heavy atom. The fourth-order valence-electron chi connectivity index (χ4n) is 1.64. The smallest absolute Gasteiger partial charge is 0.307 e. The predicted molar refractivity (Wildman–Crippen MR) is 71.7 cm³/mol. The van der Waals surface area contributed by atoms with Crippen LogP contribution in [0.2, 0.25) is 0 Å². The van der Waals surface area contributed by atoms with E-state index in [1.54, 1.807) is 0 Å². The summed E-state index contributed by atoms with van der Waals surface area (Å²) in [7, 11) is 3.24. The lowest BCUT2D eigenvalue weighted by Gasteiger charge is -2.16. The van der Waals surface area contributed by atoms with Crippen molar-refractivity contribution in [1.29, 1.82) is 0 Å². The summed E-state index contributed by atoms with van der Waals surface area (Å²) in [5, 5.41) is 8.29. The first-order valence-electron chi connectivity index (χ1n) is 5.96. The maximum atomic E-state index is 11.1. The Bertz CT molecular complexity index is 522. The van der Waals surface area contributed by atoms with E-state index in [0.717, 1.165) is 17.2 Å². The lowest BCUT2D eigenvalue weighted by molar-refractivity contribution is -0.140. The van der Waals surface area contributed by atoms with Crippen molar-refractivity contribution in [3.63, 3.8) is 0 Å². The zero-order chi connectivity index (χ0) is 13.7. The van der Waals surface area contributed by atoms with Crippen LogP contribution in [0.4, 0.5) is 5.82 Å². The number of aromatic nitrogens is 3. The molecule has 0 atom stereocenters. The van der Waals surface area contributed by atoms with Gasteiger partial charge in [0, 0.05) is 19.8 Å². The van der Waals surface area contributed by atoms with Crippen molar-refractivity contribution >= 4 is 11.8 Å². The highest BCUT2D eigenvalue weighted by Crippen LogP contribution is 2.15. The van der Waals surface area contributed by atoms with Crippen molar-refractivity contribution in [1.82, 2.24) is 15.2 Å². The highest BCUT2D eigenvalue weighted by atomic mass is 16.5. The first-order chi connectivity index (χ1) is 9.20. The van der Waals surface area contributed by atoms with Gasteiger partial charge in [0.15, 0.2) is 5.82 Å². The van der Waals surface area contributed by atoms with Crippen molar-refractivity contribution in [3.8, 4) is 11.4 Å². The Hall–Kier alpha value is -2.37. The Labute approximate surface area is 111 Å². The molecule has 0 saturated heterocycles. The van der Waals surface area contributed by atoms with E-state index >= 15 is 0 Å². The van der Waals surface area contributed by atoms with Gasteiger partial charge in [0.1, 0.15) is 5.69 Å². The Morgan fingerprint density at radius 1 is 1.37 bits per heavy atom. The summed E-state index contributed by atoms with van der Waals surface area (Å²) in [5.41, 5.74) is 1.71. The van der Waals surface area contributed by atoms with Crippen LogP contribution in [0.5, 0.6) is 0 Å². The molecular weight excluding hydrogens is 244 g/mol. The summed E-state index contributed by atoms with van der Waals surface area (Å²) in [6.45, 7) is 0.545. The van der Waals surface area contributed by atoms with Crippen molar-refractivity contribution in [2.75, 3.05) is 25.6 Å². The van der Waals surface area contributed by atoms with Crippen LogP contribution in [0.1, 0.15) is 6.42 Å². The van der Waals surface area contributed by atoms with E-state index in [0.29, 0.717) is 13.0 Å². The minimum atomic E-state index is -0.234. The minimum absolute atomic E-state index is 0.234. The molecule has 0 radical (unpaired) electrons. The third kappa shape index (κ3) is 3.31. The molecule has 0 aromatic carbocycles. The van der Waals surface area contributed by atoms with Crippen LogP contribution in [-0.2, 0) is 9.53 Å². The maximum Gasteiger partial charge on any atom is 0.307 e. The van der Waals surface area contributed by atoms with Gasteiger partial charge in [-0.25, -0.2) is 0 Å². The number of rotatable bonds is 5. The summed E-state index contributed by atoms with van der Waals surface area (Å²) in [5.74, 6) is 0.488. The Kier molecular flexibility index (Phi) is 4.12. The van der Waals surface area contributed by atoms with Crippen molar-refractivity contribution in [2.24, 2.45) is 0 Å². The molecule has 0 aliphatic heterocycles. The van der Waals surface area contributed by atoms with Gasteiger partial charge >= 0.3 is 5.97 Å². The van der Waals surface area contributed by atoms with Gasteiger partial charge in [-0.15, -0.1) is 10.2 Å². The molecule has 0 bridgehead atoms. The number of carbonyl (C=O) groups is 1. The molecule has 0 amide bonds. The van der Waals surface area contributed by atoms with Gasteiger partial charge in [-0.05, 0) is 24.3 Å². The lowest BCUT2D eigenvalue weighted by atomic mass is 10.3. The van der Waals surface area contributed by atoms with Crippen molar-refractivity contribution in [2.45, 2.75) is 6.42 Å². The first kappa shape index (κ1) is 13.1. The van der Waals surface area contributed by atoms with Gasteiger partial charge in [-0.2, -0.15) is 0 Å². The van der Waals surface area contributed by atoms with Gasteiger partial charge in [0.25, 0.3) is 0 Å². The number of H-pyrrole nitrogens is 1. The van der Waals surface area contributed by atoms with Crippen LogP contribution in [0.15, 0.2) is 30.5 Å². The molecule has 0 aliphatic carbocycles. The lowest BCUT2D eigenvalue weighted by Crippen LogP contribution is -2.22. The topological polar surface area (TPSA) is 71.1 Å². The number of carbonyl (C=O) groups excluding carboxylic acids is 1. The monoisotopic (exact) mass is 260 g/mol. The SMILES string of the molecule is COC(=O)CCN(C)c1ccc(-c2ccc[nH]2)nn1. The van der Waals surface area contributed by atoms with Crippen LogP contribution >= 0.6 is 0 Å². The van der Waals surface area contributed by atoms with E-state index in [9.17, 15) is 4.79 Å². The quantitative estimate of drug-likeness (QED) is 0.824. The number of methoxy groups -OCH3 is 1. The third-order valence-corrected chi connectivity index (χ3v) is 2.79. The number of nitrogens with zero attached hydrogens (tertiary/aromatic N) is 3. The molecule has 2 heterocycles. The van der Waals surface area contributed by atoms with E-state index < -0.39 is 0 Å². The maximum absolute atomic E-state index is 11.1. The summed E-state index contributed by atoms with van der Waals surface area (Å²) >= 11 is 0. The van der Waals surface area contributed by atoms with Gasteiger partial charge in [0.2, 0.25) is 0 Å². The van der Waals surface area contributed by atoms with Gasteiger partial charge < -0.3 is 14.6 Å². The third-order valence-electron chi connectivity index (χ3n) is 2.79. The van der Waals surface area contributed by atoms with Gasteiger partial charge in [0.05, 0.1) is 19.2 Å². The summed E-state index contributed by atoms with van der Waals surface area (Å²) in [4.78, 5) is 16.0. The minimum Gasteiger partial charge on any atom is -0.469 e. The molecule has 0 aliphatic rings. The molecule has 0 fully saturated rings. The zero-order valence-corrected chi connectivity index (χ0v) is 11.0. The molecule has 0 saturated carbocycles. The number of aromatic amines is 1. The van der Waals surface area contributed by atoms with E-state index in [1.165, 1.54) is 7.11 Å². The standard InChI is InChI=1S/C13H16N4O2/c1-17(9-7-13(18)19-2)12-6-5-11(15-16-12)10-4-3-8-14-10/h3-6,8,14H,7,9H2,1-2H3.